The summed E-state index contributed by atoms with van der Waals surface area (Å²) < 4.78 is 4.20. The zero-order chi connectivity index (χ0) is 17.9. The highest BCUT2D eigenvalue weighted by molar-refractivity contribution is 7.98. The molecule has 1 heterocycles. The van der Waals surface area contributed by atoms with Crippen LogP contribution in [0.3, 0.4) is 0 Å². The van der Waals surface area contributed by atoms with Crippen LogP contribution in [0.1, 0.15) is 27.0 Å². The Morgan fingerprint density at radius 3 is 2.62 bits per heavy atom. The van der Waals surface area contributed by atoms with Crippen molar-refractivity contribution in [3.8, 4) is 0 Å². The predicted molar refractivity (Wildman–Crippen MR) is 97.3 cm³/mol. The van der Waals surface area contributed by atoms with Gasteiger partial charge in [0.2, 0.25) is 0 Å². The standard InChI is InChI=1S/C16H19N3O3S2/c1-9-5-6-11(10(2)7-9)8-23-14-12(15(20)21)13(24-18-14)17-16(22)19(3)4/h5-7H,8H2,1-4H3,(H,17,22)(H,20,21). The number of hydrogen-bond acceptors (Lipinski definition) is 5. The maximum absolute atomic E-state index is 11.7. The Morgan fingerprint density at radius 2 is 2.04 bits per heavy atom. The summed E-state index contributed by atoms with van der Waals surface area (Å²) in [5.74, 6) is -0.474. The van der Waals surface area contributed by atoms with Crippen molar-refractivity contribution in [3.63, 3.8) is 0 Å². The number of amides is 2. The van der Waals surface area contributed by atoms with Crippen LogP contribution in [0.4, 0.5) is 9.80 Å². The summed E-state index contributed by atoms with van der Waals surface area (Å²) in [6, 6.07) is 5.79. The molecule has 2 amide bonds. The van der Waals surface area contributed by atoms with Gasteiger partial charge in [0.1, 0.15) is 15.6 Å². The lowest BCUT2D eigenvalue weighted by atomic mass is 10.1. The minimum Gasteiger partial charge on any atom is -0.477 e. The second kappa shape index (κ2) is 7.67. The largest absolute Gasteiger partial charge is 0.477 e. The molecule has 24 heavy (non-hydrogen) atoms. The molecule has 0 unspecified atom stereocenters. The Balaban J connectivity index is 2.19. The number of nitrogens with one attached hydrogen (secondary N) is 1. The summed E-state index contributed by atoms with van der Waals surface area (Å²) in [5, 5.41) is 12.7. The number of carboxylic acids is 1. The first-order valence-corrected chi connectivity index (χ1v) is 8.95. The van der Waals surface area contributed by atoms with E-state index in [4.69, 9.17) is 0 Å². The zero-order valence-electron chi connectivity index (χ0n) is 13.9. The SMILES string of the molecule is Cc1ccc(CSc2nsc(NC(=O)N(C)C)c2C(=O)O)c(C)c1. The third-order valence-electron chi connectivity index (χ3n) is 3.36. The molecule has 6 nitrogen and oxygen atoms in total. The number of nitrogens with zero attached hydrogens (tertiary/aromatic N) is 2. The lowest BCUT2D eigenvalue weighted by molar-refractivity contribution is 0.0694. The summed E-state index contributed by atoms with van der Waals surface area (Å²) in [4.78, 5) is 24.7. The monoisotopic (exact) mass is 365 g/mol. The normalized spacial score (nSPS) is 10.5. The van der Waals surface area contributed by atoms with Crippen LogP contribution in [-0.4, -0.2) is 40.5 Å². The summed E-state index contributed by atoms with van der Waals surface area (Å²) in [5.41, 5.74) is 3.53. The first-order valence-electron chi connectivity index (χ1n) is 7.19. The second-order valence-corrected chi connectivity index (χ2v) is 7.28. The van der Waals surface area contributed by atoms with Crippen LogP contribution in [0.25, 0.3) is 0 Å². The first-order chi connectivity index (χ1) is 11.3. The Kier molecular flexibility index (Phi) is 5.84. The van der Waals surface area contributed by atoms with E-state index in [1.54, 1.807) is 14.1 Å². The van der Waals surface area contributed by atoms with Crippen LogP contribution >= 0.6 is 23.3 Å². The van der Waals surface area contributed by atoms with Gasteiger partial charge in [-0.2, -0.15) is 4.37 Å². The molecule has 0 bridgehead atoms. The van der Waals surface area contributed by atoms with E-state index in [1.807, 2.05) is 26.0 Å². The molecule has 0 aliphatic heterocycles. The third-order valence-corrected chi connectivity index (χ3v) is 5.27. The molecule has 128 valence electrons. The fourth-order valence-corrected chi connectivity index (χ4v) is 4.02. The van der Waals surface area contributed by atoms with E-state index in [-0.39, 0.29) is 16.6 Å². The van der Waals surface area contributed by atoms with Crippen molar-refractivity contribution in [1.29, 1.82) is 0 Å². The van der Waals surface area contributed by atoms with Crippen molar-refractivity contribution in [1.82, 2.24) is 9.27 Å². The van der Waals surface area contributed by atoms with E-state index < -0.39 is 5.97 Å². The van der Waals surface area contributed by atoms with Gasteiger partial charge in [0.15, 0.2) is 0 Å². The molecule has 1 aromatic heterocycles. The molecule has 0 saturated heterocycles. The van der Waals surface area contributed by atoms with E-state index in [0.717, 1.165) is 22.7 Å². The maximum atomic E-state index is 11.7. The van der Waals surface area contributed by atoms with Crippen LogP contribution in [0.15, 0.2) is 23.2 Å². The molecule has 2 aromatic rings. The van der Waals surface area contributed by atoms with Crippen LogP contribution in [0.2, 0.25) is 0 Å². The summed E-state index contributed by atoms with van der Waals surface area (Å²) in [7, 11) is 3.18. The number of aryl methyl sites for hydroxylation is 2. The van der Waals surface area contributed by atoms with Gasteiger partial charge in [0.05, 0.1) is 0 Å². The van der Waals surface area contributed by atoms with Gasteiger partial charge in [-0.1, -0.05) is 35.5 Å². The van der Waals surface area contributed by atoms with Gasteiger partial charge in [-0.25, -0.2) is 9.59 Å². The summed E-state index contributed by atoms with van der Waals surface area (Å²) >= 11 is 2.34. The van der Waals surface area contributed by atoms with Gasteiger partial charge in [-0.15, -0.1) is 0 Å². The Bertz CT molecular complexity index is 772. The fourth-order valence-electron chi connectivity index (χ4n) is 2.01. The zero-order valence-corrected chi connectivity index (χ0v) is 15.5. The minimum atomic E-state index is -1.10. The molecule has 0 saturated carbocycles. The Labute approximate surface area is 149 Å². The van der Waals surface area contributed by atoms with Crippen LogP contribution in [-0.2, 0) is 5.75 Å². The number of rotatable bonds is 5. The molecule has 0 fully saturated rings. The molecule has 2 rings (SSSR count). The third kappa shape index (κ3) is 4.27. The number of benzene rings is 1. The maximum Gasteiger partial charge on any atom is 0.341 e. The highest BCUT2D eigenvalue weighted by atomic mass is 32.2. The number of anilines is 1. The Hall–Kier alpha value is -2.06. The van der Waals surface area contributed by atoms with Gasteiger partial charge >= 0.3 is 12.0 Å². The van der Waals surface area contributed by atoms with E-state index in [9.17, 15) is 14.7 Å². The average Bonchev–Trinajstić information content (AvgIpc) is 2.89. The van der Waals surface area contributed by atoms with E-state index in [0.29, 0.717) is 10.8 Å². The number of carbonyl (C=O) groups is 2. The Morgan fingerprint density at radius 1 is 1.33 bits per heavy atom. The minimum absolute atomic E-state index is 0.0463. The summed E-state index contributed by atoms with van der Waals surface area (Å²) in [6.07, 6.45) is 0. The van der Waals surface area contributed by atoms with E-state index >= 15 is 0 Å². The lowest BCUT2D eigenvalue weighted by Crippen LogP contribution is -2.27. The van der Waals surface area contributed by atoms with E-state index in [1.165, 1.54) is 22.2 Å². The predicted octanol–water partition coefficient (Wildman–Crippen LogP) is 3.84. The van der Waals surface area contributed by atoms with Gasteiger partial charge < -0.3 is 10.0 Å². The van der Waals surface area contributed by atoms with Crippen molar-refractivity contribution in [2.45, 2.75) is 24.6 Å². The molecule has 0 spiro atoms. The number of urea groups is 1. The highest BCUT2D eigenvalue weighted by Crippen LogP contribution is 2.34. The van der Waals surface area contributed by atoms with Gasteiger partial charge in [0.25, 0.3) is 0 Å². The smallest absolute Gasteiger partial charge is 0.341 e. The van der Waals surface area contributed by atoms with Crippen molar-refractivity contribution in [2.24, 2.45) is 0 Å². The molecule has 1 aromatic carbocycles. The quantitative estimate of drug-likeness (QED) is 0.787. The van der Waals surface area contributed by atoms with Crippen molar-refractivity contribution >= 4 is 40.3 Å². The number of aromatic nitrogens is 1. The first kappa shape index (κ1) is 18.3. The number of hydrogen-bond donors (Lipinski definition) is 2. The molecular weight excluding hydrogens is 346 g/mol. The van der Waals surface area contributed by atoms with Gasteiger partial charge in [0, 0.05) is 19.8 Å². The number of thioether (sulfide) groups is 1. The molecule has 0 radical (unpaired) electrons. The summed E-state index contributed by atoms with van der Waals surface area (Å²) in [6.45, 7) is 4.07. The number of carboxylic acid groups (broad SMARTS) is 1. The molecule has 0 aliphatic carbocycles. The van der Waals surface area contributed by atoms with Crippen LogP contribution in [0, 0.1) is 13.8 Å². The molecule has 8 heteroatoms. The topological polar surface area (TPSA) is 82.5 Å². The van der Waals surface area contributed by atoms with Gasteiger partial charge in [-0.05, 0) is 36.5 Å². The van der Waals surface area contributed by atoms with Crippen LogP contribution < -0.4 is 5.32 Å². The molecular formula is C16H19N3O3S2. The second-order valence-electron chi connectivity index (χ2n) is 5.54. The van der Waals surface area contributed by atoms with Crippen LogP contribution in [0.5, 0.6) is 0 Å². The van der Waals surface area contributed by atoms with Crippen molar-refractivity contribution < 1.29 is 14.7 Å². The molecule has 2 N–H and O–H groups in total. The lowest BCUT2D eigenvalue weighted by Gasteiger charge is -2.11. The average molecular weight is 365 g/mol. The fraction of sp³-hybridized carbons (Fsp3) is 0.312. The number of aromatic carboxylic acids is 1. The van der Waals surface area contributed by atoms with E-state index in [2.05, 4.69) is 15.8 Å². The van der Waals surface area contributed by atoms with Gasteiger partial charge in [-0.3, -0.25) is 5.32 Å². The highest BCUT2D eigenvalue weighted by Gasteiger charge is 2.22. The molecule has 0 aliphatic rings. The number of carbonyl (C=O) groups excluding carboxylic acids is 1. The molecule has 0 atom stereocenters. The van der Waals surface area contributed by atoms with Crippen molar-refractivity contribution in [2.75, 3.05) is 19.4 Å². The van der Waals surface area contributed by atoms with Crippen molar-refractivity contribution in [3.05, 3.63) is 40.5 Å².